The first-order chi connectivity index (χ1) is 8.20. The summed E-state index contributed by atoms with van der Waals surface area (Å²) in [7, 11) is 0. The molecule has 1 aromatic carbocycles. The minimum atomic E-state index is 0.669. The summed E-state index contributed by atoms with van der Waals surface area (Å²) in [5, 5.41) is 14.4. The van der Waals surface area contributed by atoms with Crippen LogP contribution in [0.3, 0.4) is 0 Å². The summed E-state index contributed by atoms with van der Waals surface area (Å²) in [6.45, 7) is 2.86. The van der Waals surface area contributed by atoms with Crippen molar-refractivity contribution in [3.63, 3.8) is 0 Å². The highest BCUT2D eigenvalue weighted by molar-refractivity contribution is 9.10. The highest BCUT2D eigenvalue weighted by Crippen LogP contribution is 2.23. The molecule has 0 radical (unpaired) electrons. The Hall–Kier alpha value is -1.31. The average Bonchev–Trinajstić information content (AvgIpc) is 2.72. The van der Waals surface area contributed by atoms with E-state index < -0.39 is 0 Å². The van der Waals surface area contributed by atoms with E-state index in [1.54, 1.807) is 11.3 Å². The van der Waals surface area contributed by atoms with Crippen molar-refractivity contribution < 1.29 is 0 Å². The highest BCUT2D eigenvalue weighted by Gasteiger charge is 2.04. The van der Waals surface area contributed by atoms with E-state index in [2.05, 4.69) is 45.7 Å². The van der Waals surface area contributed by atoms with Gasteiger partial charge < -0.3 is 5.32 Å². The number of hydrogen-bond acceptors (Lipinski definition) is 3. The molecule has 0 bridgehead atoms. The monoisotopic (exact) mass is 306 g/mol. The van der Waals surface area contributed by atoms with Crippen LogP contribution in [0, 0.1) is 18.3 Å². The number of anilines is 1. The van der Waals surface area contributed by atoms with Crippen LogP contribution < -0.4 is 5.32 Å². The first-order valence-corrected chi connectivity index (χ1v) is 6.84. The van der Waals surface area contributed by atoms with Crippen molar-refractivity contribution in [3.05, 3.63) is 50.1 Å². The van der Waals surface area contributed by atoms with Crippen molar-refractivity contribution in [3.8, 4) is 6.07 Å². The van der Waals surface area contributed by atoms with E-state index in [1.807, 2.05) is 18.2 Å². The van der Waals surface area contributed by atoms with Gasteiger partial charge in [0.1, 0.15) is 6.07 Å². The standard InChI is InChI=1S/C13H11BrN2S/c1-9-4-5-17-13(9)8-16-12-6-11(14)3-2-10(12)7-15/h2-6,16H,8H2,1H3. The molecule has 4 heteroatoms. The number of benzene rings is 1. The van der Waals surface area contributed by atoms with E-state index in [1.165, 1.54) is 10.4 Å². The maximum absolute atomic E-state index is 9.02. The smallest absolute Gasteiger partial charge is 0.101 e. The van der Waals surface area contributed by atoms with Crippen molar-refractivity contribution in [1.29, 1.82) is 5.26 Å². The number of rotatable bonds is 3. The van der Waals surface area contributed by atoms with Gasteiger partial charge in [0, 0.05) is 15.9 Å². The van der Waals surface area contributed by atoms with Gasteiger partial charge in [-0.1, -0.05) is 15.9 Å². The molecule has 0 aliphatic carbocycles. The van der Waals surface area contributed by atoms with Crippen LogP contribution in [0.5, 0.6) is 0 Å². The quantitative estimate of drug-likeness (QED) is 0.917. The predicted molar refractivity (Wildman–Crippen MR) is 75.2 cm³/mol. The fourth-order valence-electron chi connectivity index (χ4n) is 1.52. The summed E-state index contributed by atoms with van der Waals surface area (Å²) in [5.74, 6) is 0. The van der Waals surface area contributed by atoms with E-state index >= 15 is 0 Å². The Labute approximate surface area is 113 Å². The first-order valence-electron chi connectivity index (χ1n) is 5.17. The molecule has 2 nitrogen and oxygen atoms in total. The lowest BCUT2D eigenvalue weighted by atomic mass is 10.2. The van der Waals surface area contributed by atoms with Crippen LogP contribution in [0.2, 0.25) is 0 Å². The summed E-state index contributed by atoms with van der Waals surface area (Å²) >= 11 is 5.14. The minimum Gasteiger partial charge on any atom is -0.379 e. The summed E-state index contributed by atoms with van der Waals surface area (Å²) in [6.07, 6.45) is 0. The Bertz CT molecular complexity index is 569. The average molecular weight is 307 g/mol. The third-order valence-corrected chi connectivity index (χ3v) is 4.03. The van der Waals surface area contributed by atoms with Crippen LogP contribution in [-0.2, 0) is 6.54 Å². The number of aryl methyl sites for hydroxylation is 1. The van der Waals surface area contributed by atoms with E-state index in [9.17, 15) is 0 Å². The molecule has 0 fully saturated rings. The molecule has 0 saturated heterocycles. The number of nitrogens with one attached hydrogen (secondary N) is 1. The Balaban J connectivity index is 2.17. The topological polar surface area (TPSA) is 35.8 Å². The molecule has 0 aliphatic rings. The molecule has 86 valence electrons. The zero-order valence-corrected chi connectivity index (χ0v) is 11.7. The molecule has 2 rings (SSSR count). The lowest BCUT2D eigenvalue weighted by molar-refractivity contribution is 1.16. The van der Waals surface area contributed by atoms with Gasteiger partial charge >= 0.3 is 0 Å². The molecule has 0 aliphatic heterocycles. The van der Waals surface area contributed by atoms with Gasteiger partial charge in [0.05, 0.1) is 11.3 Å². The normalized spacial score (nSPS) is 9.94. The zero-order chi connectivity index (χ0) is 12.3. The Morgan fingerprint density at radius 2 is 2.24 bits per heavy atom. The maximum Gasteiger partial charge on any atom is 0.101 e. The lowest BCUT2D eigenvalue weighted by Crippen LogP contribution is -2.00. The second kappa shape index (κ2) is 5.35. The van der Waals surface area contributed by atoms with Gasteiger partial charge in [0.15, 0.2) is 0 Å². The molecule has 1 heterocycles. The van der Waals surface area contributed by atoms with Crippen molar-refractivity contribution in [2.45, 2.75) is 13.5 Å². The molecule has 0 saturated carbocycles. The van der Waals surface area contributed by atoms with Crippen molar-refractivity contribution in [2.75, 3.05) is 5.32 Å². The molecule has 2 aromatic rings. The SMILES string of the molecule is Cc1ccsc1CNc1cc(Br)ccc1C#N. The molecule has 17 heavy (non-hydrogen) atoms. The Morgan fingerprint density at radius 1 is 1.41 bits per heavy atom. The minimum absolute atomic E-state index is 0.669. The summed E-state index contributed by atoms with van der Waals surface area (Å²) < 4.78 is 0.974. The number of thiophene rings is 1. The Morgan fingerprint density at radius 3 is 2.88 bits per heavy atom. The van der Waals surface area contributed by atoms with Crippen LogP contribution in [0.15, 0.2) is 34.1 Å². The van der Waals surface area contributed by atoms with Crippen molar-refractivity contribution >= 4 is 33.0 Å². The fourth-order valence-corrected chi connectivity index (χ4v) is 2.73. The number of hydrogen-bond donors (Lipinski definition) is 1. The molecular weight excluding hydrogens is 296 g/mol. The van der Waals surface area contributed by atoms with Gasteiger partial charge in [-0.05, 0) is 42.1 Å². The van der Waals surface area contributed by atoms with Crippen LogP contribution in [0.25, 0.3) is 0 Å². The third kappa shape index (κ3) is 2.87. The molecule has 1 aromatic heterocycles. The second-order valence-electron chi connectivity index (χ2n) is 3.68. The fraction of sp³-hybridized carbons (Fsp3) is 0.154. The summed E-state index contributed by atoms with van der Waals surface area (Å²) in [4.78, 5) is 1.30. The molecule has 0 amide bonds. The largest absolute Gasteiger partial charge is 0.379 e. The van der Waals surface area contributed by atoms with Gasteiger partial charge in [0.25, 0.3) is 0 Å². The van der Waals surface area contributed by atoms with Crippen molar-refractivity contribution in [2.24, 2.45) is 0 Å². The van der Waals surface area contributed by atoms with Gasteiger partial charge in [-0.25, -0.2) is 0 Å². The molecule has 0 atom stereocenters. The van der Waals surface area contributed by atoms with Gasteiger partial charge in [-0.3, -0.25) is 0 Å². The van der Waals surface area contributed by atoms with Gasteiger partial charge in [0.2, 0.25) is 0 Å². The van der Waals surface area contributed by atoms with E-state index in [0.29, 0.717) is 5.56 Å². The van der Waals surface area contributed by atoms with E-state index in [0.717, 1.165) is 16.7 Å². The Kier molecular flexibility index (Phi) is 3.82. The third-order valence-electron chi connectivity index (χ3n) is 2.51. The van der Waals surface area contributed by atoms with E-state index in [-0.39, 0.29) is 0 Å². The number of halogens is 1. The summed E-state index contributed by atoms with van der Waals surface area (Å²) in [5.41, 5.74) is 2.83. The predicted octanol–water partition coefficient (Wildman–Crippen LogP) is 4.30. The van der Waals surface area contributed by atoms with Gasteiger partial charge in [-0.2, -0.15) is 5.26 Å². The van der Waals surface area contributed by atoms with Crippen LogP contribution >= 0.6 is 27.3 Å². The zero-order valence-electron chi connectivity index (χ0n) is 9.33. The lowest BCUT2D eigenvalue weighted by Gasteiger charge is -2.08. The summed E-state index contributed by atoms with van der Waals surface area (Å²) in [6, 6.07) is 9.91. The molecular formula is C13H11BrN2S. The van der Waals surface area contributed by atoms with Gasteiger partial charge in [-0.15, -0.1) is 11.3 Å². The van der Waals surface area contributed by atoms with E-state index in [4.69, 9.17) is 5.26 Å². The number of nitriles is 1. The maximum atomic E-state index is 9.02. The first kappa shape index (κ1) is 12.2. The molecule has 1 N–H and O–H groups in total. The van der Waals surface area contributed by atoms with Crippen LogP contribution in [0.1, 0.15) is 16.0 Å². The molecule has 0 unspecified atom stereocenters. The number of nitrogens with zero attached hydrogens (tertiary/aromatic N) is 1. The second-order valence-corrected chi connectivity index (χ2v) is 5.60. The van der Waals surface area contributed by atoms with Crippen LogP contribution in [-0.4, -0.2) is 0 Å². The van der Waals surface area contributed by atoms with Crippen LogP contribution in [0.4, 0.5) is 5.69 Å². The highest BCUT2D eigenvalue weighted by atomic mass is 79.9. The van der Waals surface area contributed by atoms with Crippen molar-refractivity contribution in [1.82, 2.24) is 0 Å². The molecule has 0 spiro atoms.